The van der Waals surface area contributed by atoms with E-state index in [4.69, 9.17) is 4.74 Å². The fourth-order valence-electron chi connectivity index (χ4n) is 1.69. The number of rotatable bonds is 4. The molecule has 5 nitrogen and oxygen atoms in total. The van der Waals surface area contributed by atoms with E-state index in [-0.39, 0.29) is 11.8 Å². The SMILES string of the molecule is CC(C)Oc1ccccc1-c1ccc([N+](=O)[O-])cn1. The molecule has 0 aliphatic heterocycles. The van der Waals surface area contributed by atoms with Gasteiger partial charge in [-0.3, -0.25) is 10.1 Å². The molecule has 0 atom stereocenters. The molecule has 2 rings (SSSR count). The monoisotopic (exact) mass is 258 g/mol. The predicted octanol–water partition coefficient (Wildman–Crippen LogP) is 3.44. The predicted molar refractivity (Wildman–Crippen MR) is 72.1 cm³/mol. The van der Waals surface area contributed by atoms with Crippen LogP contribution in [0.4, 0.5) is 5.69 Å². The van der Waals surface area contributed by atoms with E-state index < -0.39 is 4.92 Å². The van der Waals surface area contributed by atoms with Crippen LogP contribution in [-0.2, 0) is 0 Å². The molecule has 19 heavy (non-hydrogen) atoms. The lowest BCUT2D eigenvalue weighted by molar-refractivity contribution is -0.385. The van der Waals surface area contributed by atoms with E-state index in [2.05, 4.69) is 4.98 Å². The van der Waals surface area contributed by atoms with Gasteiger partial charge in [0.25, 0.3) is 5.69 Å². The smallest absolute Gasteiger partial charge is 0.287 e. The largest absolute Gasteiger partial charge is 0.490 e. The fourth-order valence-corrected chi connectivity index (χ4v) is 1.69. The lowest BCUT2D eigenvalue weighted by Crippen LogP contribution is -2.06. The number of nitro groups is 1. The van der Waals surface area contributed by atoms with Crippen LogP contribution in [0.1, 0.15) is 13.8 Å². The summed E-state index contributed by atoms with van der Waals surface area (Å²) in [5.74, 6) is 0.721. The van der Waals surface area contributed by atoms with E-state index in [9.17, 15) is 10.1 Å². The maximum Gasteiger partial charge on any atom is 0.287 e. The third kappa shape index (κ3) is 3.07. The van der Waals surface area contributed by atoms with Gasteiger partial charge in [-0.1, -0.05) is 12.1 Å². The normalized spacial score (nSPS) is 10.5. The van der Waals surface area contributed by atoms with Gasteiger partial charge in [-0.15, -0.1) is 0 Å². The lowest BCUT2D eigenvalue weighted by atomic mass is 10.1. The Morgan fingerprint density at radius 3 is 2.53 bits per heavy atom. The highest BCUT2D eigenvalue weighted by molar-refractivity contribution is 5.67. The van der Waals surface area contributed by atoms with Gasteiger partial charge in [0.1, 0.15) is 11.9 Å². The zero-order valence-electron chi connectivity index (χ0n) is 10.7. The first-order valence-electron chi connectivity index (χ1n) is 5.94. The van der Waals surface area contributed by atoms with Gasteiger partial charge < -0.3 is 4.74 Å². The summed E-state index contributed by atoms with van der Waals surface area (Å²) in [5, 5.41) is 10.6. The topological polar surface area (TPSA) is 65.3 Å². The van der Waals surface area contributed by atoms with Crippen LogP contribution in [0, 0.1) is 10.1 Å². The van der Waals surface area contributed by atoms with Crippen LogP contribution in [0.5, 0.6) is 5.75 Å². The van der Waals surface area contributed by atoms with Gasteiger partial charge in [0.05, 0.1) is 16.7 Å². The molecule has 0 bridgehead atoms. The number of nitrogens with zero attached hydrogens (tertiary/aromatic N) is 2. The molecule has 0 N–H and O–H groups in total. The third-order valence-electron chi connectivity index (χ3n) is 2.48. The Hall–Kier alpha value is -2.43. The molecule has 1 aromatic heterocycles. The number of hydrogen-bond acceptors (Lipinski definition) is 4. The van der Waals surface area contributed by atoms with Crippen molar-refractivity contribution in [3.05, 3.63) is 52.7 Å². The summed E-state index contributed by atoms with van der Waals surface area (Å²) in [6.45, 7) is 3.89. The van der Waals surface area contributed by atoms with Crippen LogP contribution in [0.25, 0.3) is 11.3 Å². The van der Waals surface area contributed by atoms with E-state index in [1.54, 1.807) is 6.07 Å². The molecule has 0 fully saturated rings. The Morgan fingerprint density at radius 1 is 1.21 bits per heavy atom. The Kier molecular flexibility index (Phi) is 3.75. The molecule has 5 heteroatoms. The van der Waals surface area contributed by atoms with Crippen LogP contribution < -0.4 is 4.74 Å². The molecule has 98 valence electrons. The van der Waals surface area contributed by atoms with Crippen molar-refractivity contribution >= 4 is 5.69 Å². The van der Waals surface area contributed by atoms with Crippen molar-refractivity contribution in [2.24, 2.45) is 0 Å². The summed E-state index contributed by atoms with van der Waals surface area (Å²) in [5.41, 5.74) is 1.46. The standard InChI is InChI=1S/C14H14N2O3/c1-10(2)19-14-6-4-3-5-12(14)13-8-7-11(9-15-13)16(17)18/h3-10H,1-2H3. The molecule has 0 unspecified atom stereocenters. The van der Waals surface area contributed by atoms with Crippen molar-refractivity contribution in [3.63, 3.8) is 0 Å². The minimum absolute atomic E-state index is 0.0222. The molecule has 0 saturated carbocycles. The minimum Gasteiger partial charge on any atom is -0.490 e. The average Bonchev–Trinajstić information content (AvgIpc) is 2.39. The van der Waals surface area contributed by atoms with E-state index in [0.29, 0.717) is 5.69 Å². The zero-order chi connectivity index (χ0) is 13.8. The summed E-state index contributed by atoms with van der Waals surface area (Å²) in [6.07, 6.45) is 1.31. The second-order valence-corrected chi connectivity index (χ2v) is 4.32. The molecule has 0 amide bonds. The number of ether oxygens (including phenoxy) is 1. The van der Waals surface area contributed by atoms with Gasteiger partial charge in [0, 0.05) is 11.6 Å². The molecule has 2 aromatic rings. The molecule has 0 saturated heterocycles. The van der Waals surface area contributed by atoms with Crippen molar-refractivity contribution in [2.45, 2.75) is 20.0 Å². The summed E-state index contributed by atoms with van der Waals surface area (Å²) in [7, 11) is 0. The van der Waals surface area contributed by atoms with E-state index in [1.807, 2.05) is 38.1 Å². The fraction of sp³-hybridized carbons (Fsp3) is 0.214. The Morgan fingerprint density at radius 2 is 1.95 bits per heavy atom. The van der Waals surface area contributed by atoms with Gasteiger partial charge in [0.15, 0.2) is 0 Å². The number of para-hydroxylation sites is 1. The first-order valence-corrected chi connectivity index (χ1v) is 5.94. The Bertz CT molecular complexity index is 579. The molecule has 0 spiro atoms. The van der Waals surface area contributed by atoms with Gasteiger partial charge in [0.2, 0.25) is 0 Å². The van der Waals surface area contributed by atoms with E-state index in [0.717, 1.165) is 11.3 Å². The number of hydrogen-bond donors (Lipinski definition) is 0. The molecule has 1 heterocycles. The van der Waals surface area contributed by atoms with Gasteiger partial charge in [-0.05, 0) is 32.0 Å². The maximum atomic E-state index is 10.6. The highest BCUT2D eigenvalue weighted by Gasteiger charge is 2.11. The summed E-state index contributed by atoms with van der Waals surface area (Å²) >= 11 is 0. The second-order valence-electron chi connectivity index (χ2n) is 4.32. The van der Waals surface area contributed by atoms with E-state index in [1.165, 1.54) is 12.3 Å². The molecule has 0 aliphatic carbocycles. The molecular formula is C14H14N2O3. The molecular weight excluding hydrogens is 244 g/mol. The van der Waals surface area contributed by atoms with Crippen molar-refractivity contribution in [3.8, 4) is 17.0 Å². The highest BCUT2D eigenvalue weighted by Crippen LogP contribution is 2.29. The van der Waals surface area contributed by atoms with Crippen molar-refractivity contribution < 1.29 is 9.66 Å². The van der Waals surface area contributed by atoms with Crippen LogP contribution in [0.3, 0.4) is 0 Å². The first-order chi connectivity index (χ1) is 9.08. The molecule has 0 aliphatic rings. The van der Waals surface area contributed by atoms with Gasteiger partial charge in [-0.25, -0.2) is 4.98 Å². The lowest BCUT2D eigenvalue weighted by Gasteiger charge is -2.13. The summed E-state index contributed by atoms with van der Waals surface area (Å²) in [6, 6.07) is 10.6. The quantitative estimate of drug-likeness (QED) is 0.622. The van der Waals surface area contributed by atoms with E-state index >= 15 is 0 Å². The van der Waals surface area contributed by atoms with Crippen LogP contribution in [0.15, 0.2) is 42.6 Å². The van der Waals surface area contributed by atoms with Crippen molar-refractivity contribution in [1.29, 1.82) is 0 Å². The third-order valence-corrected chi connectivity index (χ3v) is 2.48. The maximum absolute atomic E-state index is 10.6. The number of pyridine rings is 1. The number of benzene rings is 1. The summed E-state index contributed by atoms with van der Waals surface area (Å²) in [4.78, 5) is 14.3. The molecule has 0 radical (unpaired) electrons. The van der Waals surface area contributed by atoms with Crippen molar-refractivity contribution in [1.82, 2.24) is 4.98 Å². The Balaban J connectivity index is 2.38. The van der Waals surface area contributed by atoms with Crippen LogP contribution in [0.2, 0.25) is 0 Å². The van der Waals surface area contributed by atoms with Gasteiger partial charge in [-0.2, -0.15) is 0 Å². The Labute approximate surface area is 111 Å². The second kappa shape index (κ2) is 5.48. The average molecular weight is 258 g/mol. The highest BCUT2D eigenvalue weighted by atomic mass is 16.6. The minimum atomic E-state index is -0.465. The van der Waals surface area contributed by atoms with Crippen LogP contribution >= 0.6 is 0 Å². The summed E-state index contributed by atoms with van der Waals surface area (Å²) < 4.78 is 5.70. The van der Waals surface area contributed by atoms with Gasteiger partial charge >= 0.3 is 0 Å². The molecule has 1 aromatic carbocycles. The number of aromatic nitrogens is 1. The van der Waals surface area contributed by atoms with Crippen molar-refractivity contribution in [2.75, 3.05) is 0 Å². The zero-order valence-corrected chi connectivity index (χ0v) is 10.7. The van der Waals surface area contributed by atoms with Crippen LogP contribution in [-0.4, -0.2) is 16.0 Å². The first kappa shape index (κ1) is 13.0.